The van der Waals surface area contributed by atoms with Gasteiger partial charge in [0.05, 0.1) is 0 Å². The van der Waals surface area contributed by atoms with Crippen LogP contribution in [0.5, 0.6) is 11.5 Å². The predicted molar refractivity (Wildman–Crippen MR) is 86.4 cm³/mol. The van der Waals surface area contributed by atoms with Crippen LogP contribution in [-0.2, 0) is 0 Å². The molecule has 4 rings (SSSR count). The van der Waals surface area contributed by atoms with Gasteiger partial charge in [-0.3, -0.25) is 0 Å². The third-order valence-electron chi connectivity index (χ3n) is 3.70. The zero-order chi connectivity index (χ0) is 14.1. The lowest BCUT2D eigenvalue weighted by Gasteiger charge is -2.11. The minimum absolute atomic E-state index is 0.899. The second-order valence-electron chi connectivity index (χ2n) is 5.06. The van der Waals surface area contributed by atoms with Crippen LogP contribution in [0.3, 0.4) is 0 Å². The van der Waals surface area contributed by atoms with E-state index in [-0.39, 0.29) is 0 Å². The third kappa shape index (κ3) is 2.13. The Bertz CT molecular complexity index is 816. The van der Waals surface area contributed by atoms with Crippen molar-refractivity contribution in [2.75, 3.05) is 0 Å². The first kappa shape index (κ1) is 12.0. The lowest BCUT2D eigenvalue weighted by atomic mass is 9.95. The molecule has 1 aliphatic rings. The summed E-state index contributed by atoms with van der Waals surface area (Å²) in [4.78, 5) is 0. The van der Waals surface area contributed by atoms with Crippen LogP contribution in [0.1, 0.15) is 16.7 Å². The first-order valence-electron chi connectivity index (χ1n) is 7.05. The number of hydrogen-bond donors (Lipinski definition) is 0. The van der Waals surface area contributed by atoms with Gasteiger partial charge in [0.1, 0.15) is 11.5 Å². The fraction of sp³-hybridized carbons (Fsp3) is 0. The normalized spacial score (nSPS) is 12.5. The Kier molecular flexibility index (Phi) is 2.82. The van der Waals surface area contributed by atoms with Gasteiger partial charge in [-0.25, -0.2) is 0 Å². The molecule has 0 fully saturated rings. The van der Waals surface area contributed by atoms with E-state index in [1.165, 1.54) is 11.1 Å². The Balaban J connectivity index is 2.00. The molecule has 0 bridgehead atoms. The average molecular weight is 270 g/mol. The van der Waals surface area contributed by atoms with Gasteiger partial charge in [-0.05, 0) is 29.3 Å². The molecule has 1 heterocycles. The van der Waals surface area contributed by atoms with Crippen molar-refractivity contribution in [2.45, 2.75) is 0 Å². The van der Waals surface area contributed by atoms with E-state index in [0.717, 1.165) is 22.6 Å². The molecule has 0 atom stereocenters. The molecule has 1 nitrogen and oxygen atoms in total. The molecule has 1 heteroatoms. The van der Waals surface area contributed by atoms with Crippen LogP contribution < -0.4 is 4.74 Å². The van der Waals surface area contributed by atoms with E-state index in [1.54, 1.807) is 0 Å². The van der Waals surface area contributed by atoms with Gasteiger partial charge in [0.25, 0.3) is 0 Å². The molecule has 0 N–H and O–H groups in total. The molecule has 0 saturated heterocycles. The van der Waals surface area contributed by atoms with Gasteiger partial charge >= 0.3 is 0 Å². The zero-order valence-corrected chi connectivity index (χ0v) is 11.5. The first-order chi connectivity index (χ1) is 10.4. The Morgan fingerprint density at radius 2 is 1.24 bits per heavy atom. The number of para-hydroxylation sites is 2. The summed E-state index contributed by atoms with van der Waals surface area (Å²) >= 11 is 0. The maximum absolute atomic E-state index is 6.10. The van der Waals surface area contributed by atoms with Crippen LogP contribution in [0, 0.1) is 0 Å². The topological polar surface area (TPSA) is 9.23 Å². The molecule has 3 aromatic carbocycles. The first-order valence-corrected chi connectivity index (χ1v) is 7.05. The van der Waals surface area contributed by atoms with E-state index in [0.29, 0.717) is 0 Å². The second-order valence-corrected chi connectivity index (χ2v) is 5.06. The Labute approximate surface area is 124 Å². The molecule has 100 valence electrons. The fourth-order valence-electron chi connectivity index (χ4n) is 2.68. The monoisotopic (exact) mass is 270 g/mol. The summed E-state index contributed by atoms with van der Waals surface area (Å²) in [7, 11) is 0. The zero-order valence-electron chi connectivity index (χ0n) is 11.5. The average Bonchev–Trinajstić information content (AvgIpc) is 2.72. The van der Waals surface area contributed by atoms with Gasteiger partial charge < -0.3 is 4.74 Å². The standard InChI is InChI=1S/C20H14O/c1-2-8-15(9-3-1)18-14-16-10-4-6-12-19(16)21-20-13-7-5-11-17(18)20/h1-14H. The summed E-state index contributed by atoms with van der Waals surface area (Å²) in [5.74, 6) is 1.80. The van der Waals surface area contributed by atoms with Crippen LogP contribution in [-0.4, -0.2) is 0 Å². The number of fused-ring (bicyclic) bond motifs is 2. The van der Waals surface area contributed by atoms with Gasteiger partial charge in [0.15, 0.2) is 0 Å². The van der Waals surface area contributed by atoms with Gasteiger partial charge in [-0.1, -0.05) is 66.7 Å². The van der Waals surface area contributed by atoms with Crippen LogP contribution in [0.4, 0.5) is 0 Å². The van der Waals surface area contributed by atoms with Crippen molar-refractivity contribution in [1.82, 2.24) is 0 Å². The largest absolute Gasteiger partial charge is 0.456 e. The van der Waals surface area contributed by atoms with Crippen LogP contribution in [0.2, 0.25) is 0 Å². The fourth-order valence-corrected chi connectivity index (χ4v) is 2.68. The highest BCUT2D eigenvalue weighted by molar-refractivity contribution is 5.95. The maximum atomic E-state index is 6.10. The molecule has 0 spiro atoms. The van der Waals surface area contributed by atoms with Crippen molar-refractivity contribution in [3.05, 3.63) is 95.6 Å². The lowest BCUT2D eigenvalue weighted by Crippen LogP contribution is -1.90. The second kappa shape index (κ2) is 4.95. The Morgan fingerprint density at radius 1 is 0.571 bits per heavy atom. The highest BCUT2D eigenvalue weighted by Gasteiger charge is 2.16. The van der Waals surface area contributed by atoms with Gasteiger partial charge in [-0.15, -0.1) is 0 Å². The molecular weight excluding hydrogens is 256 g/mol. The number of rotatable bonds is 1. The number of ether oxygens (including phenoxy) is 1. The quantitative estimate of drug-likeness (QED) is 0.451. The highest BCUT2D eigenvalue weighted by atomic mass is 16.5. The van der Waals surface area contributed by atoms with E-state index >= 15 is 0 Å². The highest BCUT2D eigenvalue weighted by Crippen LogP contribution is 2.40. The van der Waals surface area contributed by atoms with E-state index < -0.39 is 0 Å². The molecule has 0 amide bonds. The Hall–Kier alpha value is -2.80. The maximum Gasteiger partial charge on any atom is 0.135 e. The molecular formula is C20H14O. The smallest absolute Gasteiger partial charge is 0.135 e. The molecule has 1 aliphatic heterocycles. The molecule has 0 saturated carbocycles. The van der Waals surface area contributed by atoms with E-state index in [2.05, 4.69) is 48.5 Å². The molecule has 21 heavy (non-hydrogen) atoms. The Morgan fingerprint density at radius 3 is 2.10 bits per heavy atom. The van der Waals surface area contributed by atoms with Crippen LogP contribution in [0.15, 0.2) is 78.9 Å². The summed E-state index contributed by atoms with van der Waals surface area (Å²) in [6, 6.07) is 26.8. The molecule has 0 aliphatic carbocycles. The molecule has 0 radical (unpaired) electrons. The van der Waals surface area contributed by atoms with E-state index in [4.69, 9.17) is 4.74 Å². The third-order valence-corrected chi connectivity index (χ3v) is 3.70. The summed E-state index contributed by atoms with van der Waals surface area (Å²) in [6.45, 7) is 0. The number of benzene rings is 3. The van der Waals surface area contributed by atoms with Crippen molar-refractivity contribution < 1.29 is 4.74 Å². The van der Waals surface area contributed by atoms with Gasteiger partial charge in [0.2, 0.25) is 0 Å². The van der Waals surface area contributed by atoms with E-state index in [9.17, 15) is 0 Å². The molecule has 0 aromatic heterocycles. The van der Waals surface area contributed by atoms with Gasteiger partial charge in [-0.2, -0.15) is 0 Å². The minimum Gasteiger partial charge on any atom is -0.456 e. The van der Waals surface area contributed by atoms with E-state index in [1.807, 2.05) is 36.4 Å². The van der Waals surface area contributed by atoms with Crippen LogP contribution >= 0.6 is 0 Å². The van der Waals surface area contributed by atoms with Crippen molar-refractivity contribution in [3.63, 3.8) is 0 Å². The van der Waals surface area contributed by atoms with Crippen molar-refractivity contribution in [3.8, 4) is 11.5 Å². The molecule has 3 aromatic rings. The van der Waals surface area contributed by atoms with Crippen molar-refractivity contribution >= 4 is 11.6 Å². The van der Waals surface area contributed by atoms with Gasteiger partial charge in [0, 0.05) is 11.1 Å². The van der Waals surface area contributed by atoms with Crippen molar-refractivity contribution in [2.24, 2.45) is 0 Å². The lowest BCUT2D eigenvalue weighted by molar-refractivity contribution is 0.481. The summed E-state index contributed by atoms with van der Waals surface area (Å²) < 4.78 is 6.10. The SMILES string of the molecule is C1=C(c2ccccc2)c2ccccc2Oc2ccccc21. The van der Waals surface area contributed by atoms with Crippen LogP contribution in [0.25, 0.3) is 11.6 Å². The molecule has 0 unspecified atom stereocenters. The predicted octanol–water partition coefficient (Wildman–Crippen LogP) is 5.38. The van der Waals surface area contributed by atoms with Crippen molar-refractivity contribution in [1.29, 1.82) is 0 Å². The summed E-state index contributed by atoms with van der Waals surface area (Å²) in [5, 5.41) is 0. The summed E-state index contributed by atoms with van der Waals surface area (Å²) in [6.07, 6.45) is 2.20. The summed E-state index contributed by atoms with van der Waals surface area (Å²) in [5.41, 5.74) is 4.62. The minimum atomic E-state index is 0.899. The number of hydrogen-bond acceptors (Lipinski definition) is 1.